The number of carbonyl (C=O) groups is 1. The maximum Gasteiger partial charge on any atom is 0.346 e. The van der Waals surface area contributed by atoms with E-state index < -0.39 is 5.54 Å². The Morgan fingerprint density at radius 3 is 2.71 bits per heavy atom. The normalized spacial score (nSPS) is 33.1. The molecule has 1 heterocycles. The van der Waals surface area contributed by atoms with Gasteiger partial charge in [0.05, 0.1) is 6.61 Å². The third kappa shape index (κ3) is 1.64. The third-order valence-corrected chi connectivity index (χ3v) is 4.13. The second-order valence-corrected chi connectivity index (χ2v) is 5.47. The van der Waals surface area contributed by atoms with Crippen LogP contribution in [0.4, 0.5) is 4.79 Å². The van der Waals surface area contributed by atoms with Gasteiger partial charge in [-0.3, -0.25) is 0 Å². The predicted molar refractivity (Wildman–Crippen MR) is 63.8 cm³/mol. The van der Waals surface area contributed by atoms with E-state index in [1.54, 1.807) is 7.11 Å². The predicted octanol–water partition coefficient (Wildman–Crippen LogP) is 0.984. The van der Waals surface area contributed by atoms with Crippen molar-refractivity contribution in [3.63, 3.8) is 0 Å². The average molecular weight is 237 g/mol. The van der Waals surface area contributed by atoms with Crippen LogP contribution < -0.4 is 5.73 Å². The fourth-order valence-electron chi connectivity index (χ4n) is 2.85. The van der Waals surface area contributed by atoms with E-state index in [0.29, 0.717) is 24.3 Å². The zero-order valence-corrected chi connectivity index (χ0v) is 10.2. The smallest absolute Gasteiger partial charge is 0.346 e. The number of aliphatic imine (C=N–C) groups is 1. The van der Waals surface area contributed by atoms with Gasteiger partial charge in [-0.1, -0.05) is 0 Å². The van der Waals surface area contributed by atoms with E-state index in [1.807, 2.05) is 4.90 Å². The minimum absolute atomic E-state index is 0.168. The van der Waals surface area contributed by atoms with Crippen LogP contribution in [0.5, 0.6) is 0 Å². The van der Waals surface area contributed by atoms with E-state index in [9.17, 15) is 4.79 Å². The summed E-state index contributed by atoms with van der Waals surface area (Å²) in [5.41, 5.74) is 5.59. The maximum absolute atomic E-state index is 12.0. The van der Waals surface area contributed by atoms with Crippen molar-refractivity contribution in [3.05, 3.63) is 0 Å². The summed E-state index contributed by atoms with van der Waals surface area (Å²) in [4.78, 5) is 17.8. The van der Waals surface area contributed by atoms with Crippen LogP contribution in [0.15, 0.2) is 4.99 Å². The maximum atomic E-state index is 12.0. The van der Waals surface area contributed by atoms with Crippen LogP contribution in [-0.2, 0) is 4.74 Å². The summed E-state index contributed by atoms with van der Waals surface area (Å²) in [6, 6.07) is -0.168. The minimum Gasteiger partial charge on any atom is -0.385 e. The topological polar surface area (TPSA) is 67.9 Å². The summed E-state index contributed by atoms with van der Waals surface area (Å²) in [6.07, 6.45) is 4.68. The van der Waals surface area contributed by atoms with E-state index in [0.717, 1.165) is 19.4 Å². The van der Waals surface area contributed by atoms with Gasteiger partial charge in [-0.05, 0) is 37.5 Å². The Hall–Kier alpha value is -1.10. The number of methoxy groups -OCH3 is 1. The van der Waals surface area contributed by atoms with E-state index in [2.05, 4.69) is 4.99 Å². The first kappa shape index (κ1) is 11.0. The van der Waals surface area contributed by atoms with Crippen molar-refractivity contribution in [1.29, 1.82) is 0 Å². The summed E-state index contributed by atoms with van der Waals surface area (Å²) in [5, 5.41) is 0. The van der Waals surface area contributed by atoms with Crippen molar-refractivity contribution in [3.8, 4) is 0 Å². The second-order valence-electron chi connectivity index (χ2n) is 5.47. The molecule has 5 nitrogen and oxygen atoms in total. The number of amidine groups is 1. The molecule has 3 aliphatic rings. The number of hydrogen-bond acceptors (Lipinski definition) is 3. The first-order chi connectivity index (χ1) is 8.18. The van der Waals surface area contributed by atoms with Gasteiger partial charge < -0.3 is 15.4 Å². The first-order valence-corrected chi connectivity index (χ1v) is 6.33. The highest BCUT2D eigenvalue weighted by Crippen LogP contribution is 2.47. The fraction of sp³-hybridized carbons (Fsp3) is 0.833. The third-order valence-electron chi connectivity index (χ3n) is 4.13. The van der Waals surface area contributed by atoms with Crippen molar-refractivity contribution in [2.75, 3.05) is 20.3 Å². The molecule has 0 radical (unpaired) electrons. The lowest BCUT2D eigenvalue weighted by Crippen LogP contribution is -2.59. The van der Waals surface area contributed by atoms with Gasteiger partial charge in [0.2, 0.25) is 0 Å². The van der Waals surface area contributed by atoms with Crippen molar-refractivity contribution >= 4 is 11.9 Å². The highest BCUT2D eigenvalue weighted by molar-refractivity contribution is 6.06. The van der Waals surface area contributed by atoms with Crippen LogP contribution in [0.2, 0.25) is 0 Å². The van der Waals surface area contributed by atoms with Gasteiger partial charge in [-0.25, -0.2) is 4.79 Å². The molecule has 3 rings (SSSR count). The quantitative estimate of drug-likeness (QED) is 0.775. The Morgan fingerprint density at radius 2 is 2.18 bits per heavy atom. The molecule has 5 heteroatoms. The van der Waals surface area contributed by atoms with Crippen LogP contribution in [0.25, 0.3) is 0 Å². The molecule has 1 unspecified atom stereocenters. The van der Waals surface area contributed by atoms with E-state index in [1.165, 1.54) is 12.8 Å². The number of hydrogen-bond donors (Lipinski definition) is 1. The summed E-state index contributed by atoms with van der Waals surface area (Å²) in [7, 11) is 1.66. The molecule has 0 saturated heterocycles. The van der Waals surface area contributed by atoms with Crippen molar-refractivity contribution < 1.29 is 9.53 Å². The van der Waals surface area contributed by atoms with Gasteiger partial charge in [0.15, 0.2) is 0 Å². The van der Waals surface area contributed by atoms with E-state index in [-0.39, 0.29) is 6.03 Å². The number of urea groups is 1. The van der Waals surface area contributed by atoms with Crippen LogP contribution >= 0.6 is 0 Å². The van der Waals surface area contributed by atoms with Gasteiger partial charge in [-0.15, -0.1) is 0 Å². The van der Waals surface area contributed by atoms with Gasteiger partial charge in [0.1, 0.15) is 11.4 Å². The lowest BCUT2D eigenvalue weighted by Gasteiger charge is -2.38. The lowest BCUT2D eigenvalue weighted by atomic mass is 9.91. The molecular weight excluding hydrogens is 218 g/mol. The Balaban J connectivity index is 1.89. The number of rotatable bonds is 5. The Kier molecular flexibility index (Phi) is 2.40. The molecule has 2 fully saturated rings. The van der Waals surface area contributed by atoms with Crippen molar-refractivity contribution in [2.45, 2.75) is 31.2 Å². The molecule has 1 atom stereocenters. The molecule has 0 spiro atoms. The lowest BCUT2D eigenvalue weighted by molar-refractivity contribution is 0.0675. The summed E-state index contributed by atoms with van der Waals surface area (Å²) >= 11 is 0. The summed E-state index contributed by atoms with van der Waals surface area (Å²) in [5.74, 6) is 1.55. The minimum atomic E-state index is -0.436. The van der Waals surface area contributed by atoms with Crippen LogP contribution in [0.3, 0.4) is 0 Å². The Labute approximate surface area is 101 Å². The highest BCUT2D eigenvalue weighted by atomic mass is 16.5. The second kappa shape index (κ2) is 3.70. The Bertz CT molecular complexity index is 374. The molecule has 0 bridgehead atoms. The molecule has 0 aromatic rings. The molecule has 94 valence electrons. The zero-order chi connectivity index (χ0) is 12.0. The van der Waals surface area contributed by atoms with Gasteiger partial charge in [-0.2, -0.15) is 4.99 Å². The number of amides is 2. The fourth-order valence-corrected chi connectivity index (χ4v) is 2.85. The molecule has 0 aromatic heterocycles. The van der Waals surface area contributed by atoms with Gasteiger partial charge in [0, 0.05) is 13.7 Å². The molecule has 2 aliphatic carbocycles. The number of ether oxygens (including phenoxy) is 1. The largest absolute Gasteiger partial charge is 0.385 e. The molecule has 0 aromatic carbocycles. The zero-order valence-electron chi connectivity index (χ0n) is 10.2. The van der Waals surface area contributed by atoms with Gasteiger partial charge >= 0.3 is 6.03 Å². The van der Waals surface area contributed by atoms with Crippen molar-refractivity contribution in [2.24, 2.45) is 22.6 Å². The van der Waals surface area contributed by atoms with E-state index >= 15 is 0 Å². The Morgan fingerprint density at radius 1 is 1.47 bits per heavy atom. The molecule has 2 amide bonds. The molecular formula is C12H19N3O2. The number of nitrogens with two attached hydrogens (primary N) is 1. The molecule has 2 N–H and O–H groups in total. The van der Waals surface area contributed by atoms with Gasteiger partial charge in [0.25, 0.3) is 0 Å². The summed E-state index contributed by atoms with van der Waals surface area (Å²) in [6.45, 7) is 1.27. The molecule has 1 aliphatic heterocycles. The van der Waals surface area contributed by atoms with Crippen LogP contribution in [-0.4, -0.2) is 42.6 Å². The monoisotopic (exact) mass is 237 g/mol. The average Bonchev–Trinajstić information content (AvgIpc) is 3.15. The van der Waals surface area contributed by atoms with Crippen LogP contribution in [0, 0.1) is 11.8 Å². The van der Waals surface area contributed by atoms with Crippen molar-refractivity contribution in [1.82, 2.24) is 4.90 Å². The summed E-state index contributed by atoms with van der Waals surface area (Å²) < 4.78 is 5.33. The number of nitrogens with zero attached hydrogens (tertiary/aromatic N) is 2. The standard InChI is InChI=1S/C12H19N3O2/c1-17-7-12(9-4-5-9)10(13)14-11(16)15(12)6-8-2-3-8/h8-9H,2-7H2,1H3,(H2,13,14,16). The number of carbonyl (C=O) groups excluding carboxylic acids is 1. The molecule has 2 saturated carbocycles. The van der Waals surface area contributed by atoms with E-state index in [4.69, 9.17) is 10.5 Å². The SMILES string of the molecule is COCC1(C2CC2)C(N)=NC(=O)N1CC1CC1. The molecule has 17 heavy (non-hydrogen) atoms. The first-order valence-electron chi connectivity index (χ1n) is 6.33. The highest BCUT2D eigenvalue weighted by Gasteiger charge is 2.58. The van der Waals surface area contributed by atoms with Crippen LogP contribution in [0.1, 0.15) is 25.7 Å².